The molecule has 0 fully saturated rings. The largest absolute Gasteiger partial charge is 0.316 e. The minimum Gasteiger partial charge on any atom is -0.316 e. The van der Waals surface area contributed by atoms with Gasteiger partial charge in [-0.05, 0) is 59.5 Å². The zero-order valence-corrected chi connectivity index (χ0v) is 12.0. The summed E-state index contributed by atoms with van der Waals surface area (Å²) in [6.07, 6.45) is 2.14. The van der Waals surface area contributed by atoms with Crippen molar-refractivity contribution < 1.29 is 4.39 Å². The third kappa shape index (κ3) is 4.44. The predicted octanol–water partition coefficient (Wildman–Crippen LogP) is 4.21. The second-order valence-electron chi connectivity index (χ2n) is 4.79. The molecule has 0 aliphatic heterocycles. The SMILES string of the molecule is CCCNCC(Cc1ccsc1)c1ccc(F)cc1. The molecule has 2 aromatic rings. The van der Waals surface area contributed by atoms with Crippen LogP contribution in [0.1, 0.15) is 30.4 Å². The van der Waals surface area contributed by atoms with Gasteiger partial charge in [0.15, 0.2) is 0 Å². The normalized spacial score (nSPS) is 12.5. The van der Waals surface area contributed by atoms with Crippen molar-refractivity contribution in [1.29, 1.82) is 0 Å². The van der Waals surface area contributed by atoms with Gasteiger partial charge in [0.1, 0.15) is 5.82 Å². The number of hydrogen-bond donors (Lipinski definition) is 1. The number of rotatable bonds is 7. The van der Waals surface area contributed by atoms with E-state index in [1.807, 2.05) is 12.1 Å². The molecule has 1 aromatic carbocycles. The van der Waals surface area contributed by atoms with Gasteiger partial charge in [0.2, 0.25) is 0 Å². The Balaban J connectivity index is 2.06. The summed E-state index contributed by atoms with van der Waals surface area (Å²) in [7, 11) is 0. The van der Waals surface area contributed by atoms with Gasteiger partial charge in [-0.1, -0.05) is 19.1 Å². The first-order valence-electron chi connectivity index (χ1n) is 6.77. The quantitative estimate of drug-likeness (QED) is 0.747. The molecule has 0 aliphatic rings. The molecule has 3 heteroatoms. The molecule has 1 nitrogen and oxygen atoms in total. The second-order valence-corrected chi connectivity index (χ2v) is 5.57. The van der Waals surface area contributed by atoms with Gasteiger partial charge >= 0.3 is 0 Å². The van der Waals surface area contributed by atoms with Gasteiger partial charge < -0.3 is 5.32 Å². The Morgan fingerprint density at radius 2 is 2.00 bits per heavy atom. The van der Waals surface area contributed by atoms with E-state index in [1.54, 1.807) is 23.5 Å². The first-order chi connectivity index (χ1) is 9.29. The van der Waals surface area contributed by atoms with Crippen molar-refractivity contribution >= 4 is 11.3 Å². The molecule has 0 amide bonds. The number of hydrogen-bond acceptors (Lipinski definition) is 2. The van der Waals surface area contributed by atoms with Gasteiger partial charge in [-0.2, -0.15) is 11.3 Å². The lowest BCUT2D eigenvalue weighted by Gasteiger charge is -2.17. The van der Waals surface area contributed by atoms with E-state index in [4.69, 9.17) is 0 Å². The van der Waals surface area contributed by atoms with Crippen LogP contribution in [0.5, 0.6) is 0 Å². The van der Waals surface area contributed by atoms with Crippen molar-refractivity contribution in [1.82, 2.24) is 5.32 Å². The van der Waals surface area contributed by atoms with Gasteiger partial charge in [0, 0.05) is 12.5 Å². The molecule has 1 heterocycles. The second kappa shape index (κ2) is 7.41. The first kappa shape index (κ1) is 14.2. The topological polar surface area (TPSA) is 12.0 Å². The van der Waals surface area contributed by atoms with Crippen molar-refractivity contribution in [3.05, 3.63) is 58.0 Å². The maximum Gasteiger partial charge on any atom is 0.123 e. The fourth-order valence-corrected chi connectivity index (χ4v) is 2.87. The molecule has 1 unspecified atom stereocenters. The van der Waals surface area contributed by atoms with Crippen LogP contribution in [-0.2, 0) is 6.42 Å². The van der Waals surface area contributed by atoms with E-state index in [2.05, 4.69) is 29.1 Å². The molecule has 19 heavy (non-hydrogen) atoms. The summed E-state index contributed by atoms with van der Waals surface area (Å²) in [5.41, 5.74) is 2.56. The summed E-state index contributed by atoms with van der Waals surface area (Å²) in [6.45, 7) is 4.13. The first-order valence-corrected chi connectivity index (χ1v) is 7.71. The molecule has 0 radical (unpaired) electrons. The van der Waals surface area contributed by atoms with Gasteiger partial charge in [-0.15, -0.1) is 0 Å². The van der Waals surface area contributed by atoms with E-state index >= 15 is 0 Å². The molecule has 0 spiro atoms. The molecule has 0 saturated carbocycles. The maximum absolute atomic E-state index is 13.0. The van der Waals surface area contributed by atoms with Crippen LogP contribution >= 0.6 is 11.3 Å². The Labute approximate surface area is 118 Å². The van der Waals surface area contributed by atoms with Crippen LogP contribution in [0.3, 0.4) is 0 Å². The molecule has 1 aromatic heterocycles. The van der Waals surface area contributed by atoms with Crippen LogP contribution in [0, 0.1) is 5.82 Å². The van der Waals surface area contributed by atoms with Gasteiger partial charge in [-0.3, -0.25) is 0 Å². The molecular weight excluding hydrogens is 257 g/mol. The predicted molar refractivity (Wildman–Crippen MR) is 80.3 cm³/mol. The minimum absolute atomic E-state index is 0.167. The van der Waals surface area contributed by atoms with E-state index < -0.39 is 0 Å². The Hall–Kier alpha value is -1.19. The van der Waals surface area contributed by atoms with E-state index in [-0.39, 0.29) is 5.82 Å². The molecule has 0 saturated heterocycles. The van der Waals surface area contributed by atoms with Crippen LogP contribution in [0.25, 0.3) is 0 Å². The Morgan fingerprint density at radius 1 is 1.21 bits per heavy atom. The molecule has 0 bridgehead atoms. The summed E-state index contributed by atoms with van der Waals surface area (Å²) in [5, 5.41) is 7.77. The summed E-state index contributed by atoms with van der Waals surface area (Å²) < 4.78 is 13.0. The average molecular weight is 277 g/mol. The van der Waals surface area contributed by atoms with Gasteiger partial charge in [0.25, 0.3) is 0 Å². The Morgan fingerprint density at radius 3 is 2.63 bits per heavy atom. The fourth-order valence-electron chi connectivity index (χ4n) is 2.19. The van der Waals surface area contributed by atoms with E-state index in [9.17, 15) is 4.39 Å². The standard InChI is InChI=1S/C16H20FNS/c1-2-8-18-11-15(10-13-7-9-19-12-13)14-3-5-16(17)6-4-14/h3-7,9,12,15,18H,2,8,10-11H2,1H3. The Bertz CT molecular complexity index is 464. The smallest absolute Gasteiger partial charge is 0.123 e. The molecule has 1 atom stereocenters. The zero-order chi connectivity index (χ0) is 13.5. The van der Waals surface area contributed by atoms with Crippen LogP contribution in [-0.4, -0.2) is 13.1 Å². The van der Waals surface area contributed by atoms with E-state index in [0.29, 0.717) is 5.92 Å². The van der Waals surface area contributed by atoms with Crippen molar-refractivity contribution in [2.75, 3.05) is 13.1 Å². The average Bonchev–Trinajstić information content (AvgIpc) is 2.92. The lowest BCUT2D eigenvalue weighted by molar-refractivity contribution is 0.574. The van der Waals surface area contributed by atoms with Crippen molar-refractivity contribution in [3.8, 4) is 0 Å². The lowest BCUT2D eigenvalue weighted by Crippen LogP contribution is -2.23. The highest BCUT2D eigenvalue weighted by Crippen LogP contribution is 2.22. The van der Waals surface area contributed by atoms with Crippen LogP contribution in [0.4, 0.5) is 4.39 Å². The molecular formula is C16H20FNS. The molecule has 1 N–H and O–H groups in total. The zero-order valence-electron chi connectivity index (χ0n) is 11.2. The molecule has 2 rings (SSSR count). The highest BCUT2D eigenvalue weighted by Gasteiger charge is 2.12. The summed E-state index contributed by atoms with van der Waals surface area (Å²) in [5.74, 6) is 0.237. The van der Waals surface area contributed by atoms with Crippen LogP contribution in [0.2, 0.25) is 0 Å². The fraction of sp³-hybridized carbons (Fsp3) is 0.375. The molecule has 102 valence electrons. The number of nitrogens with one attached hydrogen (secondary N) is 1. The molecule has 0 aliphatic carbocycles. The third-order valence-electron chi connectivity index (χ3n) is 3.22. The summed E-state index contributed by atoms with van der Waals surface area (Å²) >= 11 is 1.73. The van der Waals surface area contributed by atoms with Gasteiger partial charge in [0.05, 0.1) is 0 Å². The van der Waals surface area contributed by atoms with Crippen molar-refractivity contribution in [2.45, 2.75) is 25.7 Å². The Kier molecular flexibility index (Phi) is 5.55. The van der Waals surface area contributed by atoms with Crippen molar-refractivity contribution in [3.63, 3.8) is 0 Å². The third-order valence-corrected chi connectivity index (χ3v) is 3.95. The van der Waals surface area contributed by atoms with E-state index in [0.717, 1.165) is 25.9 Å². The minimum atomic E-state index is -0.167. The highest BCUT2D eigenvalue weighted by atomic mass is 32.1. The maximum atomic E-state index is 13.0. The summed E-state index contributed by atoms with van der Waals surface area (Å²) in [4.78, 5) is 0. The monoisotopic (exact) mass is 277 g/mol. The number of halogens is 1. The number of thiophene rings is 1. The van der Waals surface area contributed by atoms with Gasteiger partial charge in [-0.25, -0.2) is 4.39 Å². The van der Waals surface area contributed by atoms with Crippen LogP contribution in [0.15, 0.2) is 41.1 Å². The van der Waals surface area contributed by atoms with Crippen LogP contribution < -0.4 is 5.32 Å². The highest BCUT2D eigenvalue weighted by molar-refractivity contribution is 7.07. The number of benzene rings is 1. The lowest BCUT2D eigenvalue weighted by atomic mass is 9.93. The van der Waals surface area contributed by atoms with E-state index in [1.165, 1.54) is 11.1 Å². The van der Waals surface area contributed by atoms with Crippen molar-refractivity contribution in [2.24, 2.45) is 0 Å². The summed E-state index contributed by atoms with van der Waals surface area (Å²) in [6, 6.07) is 9.08.